The van der Waals surface area contributed by atoms with Crippen molar-refractivity contribution < 1.29 is 4.79 Å². The largest absolute Gasteiger partial charge is 0.389 e. The predicted octanol–water partition coefficient (Wildman–Crippen LogP) is 3.02. The van der Waals surface area contributed by atoms with Crippen molar-refractivity contribution in [2.45, 2.75) is 25.8 Å². The molecule has 1 amide bonds. The second-order valence-corrected chi connectivity index (χ2v) is 6.25. The number of thiophene rings is 1. The molecule has 0 saturated carbocycles. The van der Waals surface area contributed by atoms with Crippen LogP contribution < -0.4 is 11.1 Å². The highest BCUT2D eigenvalue weighted by Crippen LogP contribution is 2.12. The van der Waals surface area contributed by atoms with Crippen LogP contribution >= 0.6 is 23.6 Å². The topological polar surface area (TPSA) is 55.1 Å². The van der Waals surface area contributed by atoms with E-state index in [-0.39, 0.29) is 5.91 Å². The Balaban J connectivity index is 1.73. The van der Waals surface area contributed by atoms with E-state index in [4.69, 9.17) is 18.0 Å². The van der Waals surface area contributed by atoms with E-state index in [9.17, 15) is 4.79 Å². The Hall–Kier alpha value is -1.72. The van der Waals surface area contributed by atoms with E-state index >= 15 is 0 Å². The lowest BCUT2D eigenvalue weighted by Crippen LogP contribution is -2.22. The molecule has 110 valence electrons. The molecule has 0 fully saturated rings. The van der Waals surface area contributed by atoms with Crippen LogP contribution in [-0.2, 0) is 17.8 Å². The van der Waals surface area contributed by atoms with Gasteiger partial charge in [0.15, 0.2) is 0 Å². The fourth-order valence-electron chi connectivity index (χ4n) is 2.00. The molecule has 0 atom stereocenters. The lowest BCUT2D eigenvalue weighted by molar-refractivity contribution is -0.121. The molecule has 0 saturated heterocycles. The highest BCUT2D eigenvalue weighted by molar-refractivity contribution is 7.80. The van der Waals surface area contributed by atoms with Crippen LogP contribution in [0.15, 0.2) is 41.8 Å². The second-order valence-electron chi connectivity index (χ2n) is 4.77. The zero-order valence-electron chi connectivity index (χ0n) is 11.7. The normalized spacial score (nSPS) is 10.3. The van der Waals surface area contributed by atoms with Crippen LogP contribution in [0.25, 0.3) is 0 Å². The maximum Gasteiger partial charge on any atom is 0.220 e. The minimum atomic E-state index is 0.0762. The molecule has 0 unspecified atom stereocenters. The van der Waals surface area contributed by atoms with Gasteiger partial charge in [-0.05, 0) is 35.9 Å². The number of rotatable bonds is 7. The smallest absolute Gasteiger partial charge is 0.220 e. The summed E-state index contributed by atoms with van der Waals surface area (Å²) in [7, 11) is 0. The van der Waals surface area contributed by atoms with E-state index in [1.165, 1.54) is 4.88 Å². The molecule has 0 bridgehead atoms. The summed E-state index contributed by atoms with van der Waals surface area (Å²) >= 11 is 6.68. The molecule has 1 aromatic carbocycles. The molecule has 2 rings (SSSR count). The maximum atomic E-state index is 11.8. The van der Waals surface area contributed by atoms with Crippen molar-refractivity contribution in [1.82, 2.24) is 5.32 Å². The van der Waals surface area contributed by atoms with Gasteiger partial charge in [0, 0.05) is 23.4 Å². The average Bonchev–Trinajstić information content (AvgIpc) is 2.99. The summed E-state index contributed by atoms with van der Waals surface area (Å²) < 4.78 is 0. The molecule has 2 aromatic rings. The van der Waals surface area contributed by atoms with Gasteiger partial charge >= 0.3 is 0 Å². The van der Waals surface area contributed by atoms with Crippen molar-refractivity contribution >= 4 is 34.5 Å². The van der Waals surface area contributed by atoms with E-state index in [1.807, 2.05) is 30.3 Å². The minimum absolute atomic E-state index is 0.0762. The molecular weight excluding hydrogens is 300 g/mol. The first kappa shape index (κ1) is 15.7. The number of hydrogen-bond donors (Lipinski definition) is 2. The number of aryl methyl sites for hydroxylation is 1. The Morgan fingerprint density at radius 3 is 2.86 bits per heavy atom. The van der Waals surface area contributed by atoms with Gasteiger partial charge in [-0.3, -0.25) is 4.79 Å². The predicted molar refractivity (Wildman–Crippen MR) is 91.4 cm³/mol. The van der Waals surface area contributed by atoms with Gasteiger partial charge in [-0.15, -0.1) is 11.3 Å². The highest BCUT2D eigenvalue weighted by atomic mass is 32.1. The third-order valence-electron chi connectivity index (χ3n) is 3.11. The molecule has 0 spiro atoms. The van der Waals surface area contributed by atoms with Crippen LogP contribution in [-0.4, -0.2) is 10.9 Å². The van der Waals surface area contributed by atoms with Gasteiger partial charge in [0.25, 0.3) is 0 Å². The van der Waals surface area contributed by atoms with Gasteiger partial charge in [0.2, 0.25) is 5.91 Å². The fourth-order valence-corrected chi connectivity index (χ4v) is 2.88. The van der Waals surface area contributed by atoms with Gasteiger partial charge in [-0.1, -0.05) is 36.5 Å². The summed E-state index contributed by atoms with van der Waals surface area (Å²) in [5.74, 6) is 0.0762. The highest BCUT2D eigenvalue weighted by Gasteiger charge is 2.03. The van der Waals surface area contributed by atoms with E-state index in [0.29, 0.717) is 18.0 Å². The van der Waals surface area contributed by atoms with Crippen molar-refractivity contribution in [3.8, 4) is 0 Å². The first-order valence-corrected chi connectivity index (χ1v) is 8.12. The number of hydrogen-bond acceptors (Lipinski definition) is 3. The van der Waals surface area contributed by atoms with Crippen molar-refractivity contribution in [1.29, 1.82) is 0 Å². The van der Waals surface area contributed by atoms with Gasteiger partial charge in [-0.2, -0.15) is 0 Å². The Morgan fingerprint density at radius 2 is 2.14 bits per heavy atom. The van der Waals surface area contributed by atoms with Gasteiger partial charge in [-0.25, -0.2) is 0 Å². The monoisotopic (exact) mass is 318 g/mol. The van der Waals surface area contributed by atoms with Crippen molar-refractivity contribution in [2.75, 3.05) is 0 Å². The van der Waals surface area contributed by atoms with Crippen LogP contribution in [0.5, 0.6) is 0 Å². The number of nitrogens with two attached hydrogens (primary N) is 1. The number of nitrogens with one attached hydrogen (secondary N) is 1. The van der Waals surface area contributed by atoms with Gasteiger partial charge in [0.1, 0.15) is 4.99 Å². The van der Waals surface area contributed by atoms with Gasteiger partial charge in [0.05, 0.1) is 0 Å². The number of amides is 1. The Kier molecular flexibility index (Phi) is 5.90. The van der Waals surface area contributed by atoms with Crippen LogP contribution in [0, 0.1) is 0 Å². The molecule has 1 aromatic heterocycles. The van der Waals surface area contributed by atoms with E-state index in [2.05, 4.69) is 16.8 Å². The summed E-state index contributed by atoms with van der Waals surface area (Å²) in [5, 5.41) is 4.99. The molecule has 0 radical (unpaired) electrons. The molecular formula is C16H18N2OS2. The van der Waals surface area contributed by atoms with Crippen molar-refractivity contribution in [3.05, 3.63) is 57.8 Å². The Labute approximate surface area is 134 Å². The summed E-state index contributed by atoms with van der Waals surface area (Å²) in [6.45, 7) is 0.508. The number of carbonyl (C=O) groups excluding carboxylic acids is 1. The maximum absolute atomic E-state index is 11.8. The standard InChI is InChI=1S/C16H18N2OS2/c17-16(20)13-5-1-4-12(10-13)11-18-15(19)8-2-6-14-7-3-9-21-14/h1,3-5,7,9-10H,2,6,8,11H2,(H2,17,20)(H,18,19). The second kappa shape index (κ2) is 7.90. The van der Waals surface area contributed by atoms with Crippen molar-refractivity contribution in [3.63, 3.8) is 0 Å². The Morgan fingerprint density at radius 1 is 1.29 bits per heavy atom. The number of benzene rings is 1. The zero-order valence-corrected chi connectivity index (χ0v) is 13.3. The summed E-state index contributed by atoms with van der Waals surface area (Å²) in [5.41, 5.74) is 7.43. The Bertz CT molecular complexity index is 608. The van der Waals surface area contributed by atoms with E-state index in [1.54, 1.807) is 11.3 Å². The average molecular weight is 318 g/mol. The molecule has 0 aliphatic heterocycles. The molecule has 0 aliphatic carbocycles. The van der Waals surface area contributed by atoms with E-state index in [0.717, 1.165) is 24.0 Å². The van der Waals surface area contributed by atoms with Crippen LogP contribution in [0.2, 0.25) is 0 Å². The SMILES string of the molecule is NC(=S)c1cccc(CNC(=O)CCCc2cccs2)c1. The zero-order chi connectivity index (χ0) is 15.1. The first-order valence-electron chi connectivity index (χ1n) is 6.83. The lowest BCUT2D eigenvalue weighted by Gasteiger charge is -2.06. The molecule has 0 aliphatic rings. The molecule has 1 heterocycles. The van der Waals surface area contributed by atoms with Crippen molar-refractivity contribution in [2.24, 2.45) is 5.73 Å². The minimum Gasteiger partial charge on any atom is -0.389 e. The number of thiocarbonyl (C=S) groups is 1. The fraction of sp³-hybridized carbons (Fsp3) is 0.250. The van der Waals surface area contributed by atoms with Crippen LogP contribution in [0.1, 0.15) is 28.8 Å². The van der Waals surface area contributed by atoms with Crippen LogP contribution in [0.3, 0.4) is 0 Å². The third kappa shape index (κ3) is 5.28. The molecule has 5 heteroatoms. The van der Waals surface area contributed by atoms with Gasteiger partial charge < -0.3 is 11.1 Å². The first-order chi connectivity index (χ1) is 10.1. The number of carbonyl (C=O) groups is 1. The van der Waals surface area contributed by atoms with E-state index < -0.39 is 0 Å². The molecule has 3 nitrogen and oxygen atoms in total. The summed E-state index contributed by atoms with van der Waals surface area (Å²) in [6, 6.07) is 11.8. The lowest BCUT2D eigenvalue weighted by atomic mass is 10.1. The third-order valence-corrected chi connectivity index (χ3v) is 4.28. The molecule has 21 heavy (non-hydrogen) atoms. The quantitative estimate of drug-likeness (QED) is 0.772. The van der Waals surface area contributed by atoms with Crippen LogP contribution in [0.4, 0.5) is 0 Å². The summed E-state index contributed by atoms with van der Waals surface area (Å²) in [4.78, 5) is 13.5. The molecule has 3 N–H and O–H groups in total. The summed E-state index contributed by atoms with van der Waals surface area (Å²) in [6.07, 6.45) is 2.38.